The van der Waals surface area contributed by atoms with Gasteiger partial charge in [-0.1, -0.05) is 26.8 Å². The van der Waals surface area contributed by atoms with Crippen LogP contribution in [-0.4, -0.2) is 18.6 Å². The molecule has 0 radical (unpaired) electrons. The Kier molecular flexibility index (Phi) is 5.71. The number of nitrogens with zero attached hydrogens (tertiary/aromatic N) is 1. The SMILES string of the molecule is C[C@H](COc1cccc(F)c1)NC(=O)[C@H](C#N)C(C)(C)C. The molecular formula is C16H21FN2O2. The molecule has 0 aliphatic carbocycles. The van der Waals surface area contributed by atoms with E-state index in [0.29, 0.717) is 5.75 Å². The number of rotatable bonds is 5. The third kappa shape index (κ3) is 5.42. The van der Waals surface area contributed by atoms with Gasteiger partial charge in [-0.3, -0.25) is 4.79 Å². The van der Waals surface area contributed by atoms with Crippen molar-refractivity contribution in [3.8, 4) is 11.8 Å². The van der Waals surface area contributed by atoms with Gasteiger partial charge in [-0.2, -0.15) is 5.26 Å². The fraction of sp³-hybridized carbons (Fsp3) is 0.500. The van der Waals surface area contributed by atoms with Crippen LogP contribution in [0.2, 0.25) is 0 Å². The van der Waals surface area contributed by atoms with Crippen molar-refractivity contribution in [1.82, 2.24) is 5.32 Å². The molecule has 0 aliphatic rings. The van der Waals surface area contributed by atoms with Crippen LogP contribution in [0, 0.1) is 28.5 Å². The lowest BCUT2D eigenvalue weighted by Gasteiger charge is -2.25. The molecule has 1 aromatic rings. The summed E-state index contributed by atoms with van der Waals surface area (Å²) in [5.74, 6) is -1.01. The summed E-state index contributed by atoms with van der Waals surface area (Å²) in [5, 5.41) is 11.8. The fourth-order valence-corrected chi connectivity index (χ4v) is 1.79. The predicted octanol–water partition coefficient (Wildman–Crippen LogP) is 2.90. The first-order valence-electron chi connectivity index (χ1n) is 6.82. The van der Waals surface area contributed by atoms with Gasteiger partial charge in [-0.25, -0.2) is 4.39 Å². The summed E-state index contributed by atoms with van der Waals surface area (Å²) in [7, 11) is 0. The summed E-state index contributed by atoms with van der Waals surface area (Å²) < 4.78 is 18.4. The van der Waals surface area contributed by atoms with Crippen LogP contribution in [0.5, 0.6) is 5.75 Å². The van der Waals surface area contributed by atoms with Crippen molar-refractivity contribution >= 4 is 5.91 Å². The van der Waals surface area contributed by atoms with Crippen molar-refractivity contribution in [1.29, 1.82) is 5.26 Å². The van der Waals surface area contributed by atoms with Crippen molar-refractivity contribution in [2.75, 3.05) is 6.61 Å². The zero-order valence-electron chi connectivity index (χ0n) is 12.8. The van der Waals surface area contributed by atoms with Crippen molar-refractivity contribution in [2.24, 2.45) is 11.3 Å². The number of carbonyl (C=O) groups excluding carboxylic acids is 1. The molecule has 2 atom stereocenters. The van der Waals surface area contributed by atoms with Crippen molar-refractivity contribution in [3.05, 3.63) is 30.1 Å². The first kappa shape index (κ1) is 17.0. The van der Waals surface area contributed by atoms with Crippen LogP contribution >= 0.6 is 0 Å². The Hall–Kier alpha value is -2.09. The number of amides is 1. The monoisotopic (exact) mass is 292 g/mol. The molecule has 1 aromatic carbocycles. The second-order valence-corrected chi connectivity index (χ2v) is 6.11. The Morgan fingerprint density at radius 2 is 2.14 bits per heavy atom. The largest absolute Gasteiger partial charge is 0.491 e. The smallest absolute Gasteiger partial charge is 0.238 e. The maximum atomic E-state index is 13.0. The number of nitrogens with one attached hydrogen (secondary N) is 1. The Bertz CT molecular complexity index is 532. The number of carbonyl (C=O) groups is 1. The number of hydrogen-bond acceptors (Lipinski definition) is 3. The highest BCUT2D eigenvalue weighted by Gasteiger charge is 2.31. The molecule has 0 heterocycles. The topological polar surface area (TPSA) is 62.1 Å². The van der Waals surface area contributed by atoms with E-state index in [0.717, 1.165) is 0 Å². The Morgan fingerprint density at radius 3 is 2.67 bits per heavy atom. The lowest BCUT2D eigenvalue weighted by molar-refractivity contribution is -0.126. The van der Waals surface area contributed by atoms with E-state index in [2.05, 4.69) is 5.32 Å². The Morgan fingerprint density at radius 1 is 1.48 bits per heavy atom. The van der Waals surface area contributed by atoms with E-state index in [4.69, 9.17) is 10.00 Å². The van der Waals surface area contributed by atoms with Gasteiger partial charge >= 0.3 is 0 Å². The summed E-state index contributed by atoms with van der Waals surface area (Å²) in [6.07, 6.45) is 0. The zero-order valence-corrected chi connectivity index (χ0v) is 12.8. The van der Waals surface area contributed by atoms with E-state index < -0.39 is 11.3 Å². The second kappa shape index (κ2) is 7.07. The highest BCUT2D eigenvalue weighted by molar-refractivity contribution is 5.82. The van der Waals surface area contributed by atoms with Gasteiger partial charge in [0.05, 0.1) is 12.1 Å². The summed E-state index contributed by atoms with van der Waals surface area (Å²) in [6.45, 7) is 7.50. The number of nitriles is 1. The lowest BCUT2D eigenvalue weighted by atomic mass is 9.81. The molecule has 1 amide bonds. The number of benzene rings is 1. The van der Waals surface area contributed by atoms with Crippen molar-refractivity contribution in [3.63, 3.8) is 0 Å². The molecule has 4 nitrogen and oxygen atoms in total. The minimum Gasteiger partial charge on any atom is -0.491 e. The van der Waals surface area contributed by atoms with Crippen molar-refractivity contribution in [2.45, 2.75) is 33.7 Å². The highest BCUT2D eigenvalue weighted by atomic mass is 19.1. The average Bonchev–Trinajstić information content (AvgIpc) is 2.35. The van der Waals surface area contributed by atoms with Crippen LogP contribution in [0.15, 0.2) is 24.3 Å². The van der Waals surface area contributed by atoms with Gasteiger partial charge < -0.3 is 10.1 Å². The third-order valence-electron chi connectivity index (χ3n) is 2.94. The molecule has 0 aromatic heterocycles. The molecule has 0 saturated carbocycles. The highest BCUT2D eigenvalue weighted by Crippen LogP contribution is 2.25. The number of hydrogen-bond donors (Lipinski definition) is 1. The van der Waals surface area contributed by atoms with Crippen LogP contribution in [0.4, 0.5) is 4.39 Å². The maximum absolute atomic E-state index is 13.0. The van der Waals surface area contributed by atoms with E-state index in [1.165, 1.54) is 12.1 Å². The minimum absolute atomic E-state index is 0.206. The molecule has 5 heteroatoms. The molecule has 0 bridgehead atoms. The van der Waals surface area contributed by atoms with Gasteiger partial charge in [0.15, 0.2) is 0 Å². The molecular weight excluding hydrogens is 271 g/mol. The van der Waals surface area contributed by atoms with Crippen LogP contribution in [0.3, 0.4) is 0 Å². The van der Waals surface area contributed by atoms with Gasteiger partial charge in [-0.05, 0) is 24.5 Å². The molecule has 0 aliphatic heterocycles. The molecule has 0 spiro atoms. The summed E-state index contributed by atoms with van der Waals surface area (Å²) >= 11 is 0. The van der Waals surface area contributed by atoms with Gasteiger partial charge in [0.25, 0.3) is 0 Å². The van der Waals surface area contributed by atoms with Crippen LogP contribution in [0.1, 0.15) is 27.7 Å². The van der Waals surface area contributed by atoms with Crippen LogP contribution < -0.4 is 10.1 Å². The van der Waals surface area contributed by atoms with E-state index >= 15 is 0 Å². The van der Waals surface area contributed by atoms with E-state index in [-0.39, 0.29) is 24.4 Å². The van der Waals surface area contributed by atoms with E-state index in [1.54, 1.807) is 19.1 Å². The van der Waals surface area contributed by atoms with Gasteiger partial charge in [0.2, 0.25) is 5.91 Å². The zero-order chi connectivity index (χ0) is 16.0. The number of ether oxygens (including phenoxy) is 1. The second-order valence-electron chi connectivity index (χ2n) is 6.11. The van der Waals surface area contributed by atoms with Gasteiger partial charge in [-0.15, -0.1) is 0 Å². The predicted molar refractivity (Wildman–Crippen MR) is 78.1 cm³/mol. The van der Waals surface area contributed by atoms with Gasteiger partial charge in [0.1, 0.15) is 24.1 Å². The van der Waals surface area contributed by atoms with Crippen molar-refractivity contribution < 1.29 is 13.9 Å². The lowest BCUT2D eigenvalue weighted by Crippen LogP contribution is -2.43. The first-order chi connectivity index (χ1) is 9.74. The molecule has 21 heavy (non-hydrogen) atoms. The average molecular weight is 292 g/mol. The van der Waals surface area contributed by atoms with Gasteiger partial charge in [0, 0.05) is 6.07 Å². The summed E-state index contributed by atoms with van der Waals surface area (Å²) in [6, 6.07) is 7.56. The Labute approximate surface area is 124 Å². The normalized spacial score (nSPS) is 13.9. The summed E-state index contributed by atoms with van der Waals surface area (Å²) in [5.41, 5.74) is -0.429. The van der Waals surface area contributed by atoms with E-state index in [9.17, 15) is 9.18 Å². The first-order valence-corrected chi connectivity index (χ1v) is 6.82. The minimum atomic E-state index is -0.728. The molecule has 1 rings (SSSR count). The standard InChI is InChI=1S/C16H21FN2O2/c1-11(10-21-13-7-5-6-12(17)8-13)19-15(20)14(9-18)16(2,3)4/h5-8,11,14H,10H2,1-4H3,(H,19,20)/t11-,14+/m1/s1. The quantitative estimate of drug-likeness (QED) is 0.907. The maximum Gasteiger partial charge on any atom is 0.238 e. The van der Waals surface area contributed by atoms with E-state index in [1.807, 2.05) is 26.8 Å². The molecule has 114 valence electrons. The summed E-state index contributed by atoms with van der Waals surface area (Å²) in [4.78, 5) is 12.0. The third-order valence-corrected chi connectivity index (χ3v) is 2.94. The molecule has 0 saturated heterocycles. The van der Waals surface area contributed by atoms with Crippen LogP contribution in [0.25, 0.3) is 0 Å². The van der Waals surface area contributed by atoms with Crippen LogP contribution in [-0.2, 0) is 4.79 Å². The fourth-order valence-electron chi connectivity index (χ4n) is 1.79. The molecule has 0 fully saturated rings. The molecule has 0 unspecified atom stereocenters. The number of halogens is 1. The molecule has 1 N–H and O–H groups in total. The Balaban J connectivity index is 2.52.